The predicted octanol–water partition coefficient (Wildman–Crippen LogP) is 3.28. The lowest BCUT2D eigenvalue weighted by Gasteiger charge is -2.37. The summed E-state index contributed by atoms with van der Waals surface area (Å²) in [7, 11) is 1.23. The first-order valence-corrected chi connectivity index (χ1v) is 11.2. The number of benzene rings is 1. The largest absolute Gasteiger partial charge is 0.468 e. The first-order chi connectivity index (χ1) is 16.2. The van der Waals surface area contributed by atoms with Crippen molar-refractivity contribution < 1.29 is 28.3 Å². The smallest absolute Gasteiger partial charge is 0.336 e. The highest BCUT2D eigenvalue weighted by molar-refractivity contribution is 6.12. The molecule has 2 aliphatic rings. The highest BCUT2D eigenvalue weighted by atomic mass is 16.5. The van der Waals surface area contributed by atoms with Gasteiger partial charge in [0.05, 0.1) is 36.9 Å². The highest BCUT2D eigenvalue weighted by Gasteiger charge is 2.48. The summed E-state index contributed by atoms with van der Waals surface area (Å²) in [6.07, 6.45) is 1.67. The highest BCUT2D eigenvalue weighted by Crippen LogP contribution is 2.45. The van der Waals surface area contributed by atoms with Crippen molar-refractivity contribution >= 4 is 28.7 Å². The van der Waals surface area contributed by atoms with Crippen LogP contribution in [-0.4, -0.2) is 31.4 Å². The van der Waals surface area contributed by atoms with E-state index in [4.69, 9.17) is 13.9 Å². The zero-order valence-electron chi connectivity index (χ0n) is 19.8. The van der Waals surface area contributed by atoms with E-state index in [1.54, 1.807) is 32.9 Å². The van der Waals surface area contributed by atoms with Crippen LogP contribution in [0.15, 0.2) is 56.2 Å². The van der Waals surface area contributed by atoms with Gasteiger partial charge < -0.3 is 19.2 Å². The third kappa shape index (κ3) is 3.73. The molecule has 1 N–H and O–H groups in total. The lowest BCUT2D eigenvalue weighted by atomic mass is 9.69. The minimum atomic E-state index is -1.04. The predicted molar refractivity (Wildman–Crippen MR) is 124 cm³/mol. The number of rotatable bonds is 4. The first-order valence-electron chi connectivity index (χ1n) is 11.2. The van der Waals surface area contributed by atoms with Crippen molar-refractivity contribution in [2.75, 3.05) is 13.7 Å². The second-order valence-electron chi connectivity index (χ2n) is 8.78. The van der Waals surface area contributed by atoms with E-state index in [0.717, 1.165) is 5.56 Å². The number of carbonyl (C=O) groups excluding carboxylic acids is 3. The van der Waals surface area contributed by atoms with Crippen LogP contribution in [0.1, 0.15) is 44.2 Å². The molecule has 0 bridgehead atoms. The van der Waals surface area contributed by atoms with Gasteiger partial charge in [0.1, 0.15) is 11.5 Å². The fourth-order valence-electron chi connectivity index (χ4n) is 4.93. The van der Waals surface area contributed by atoms with E-state index in [0.29, 0.717) is 28.8 Å². The van der Waals surface area contributed by atoms with Crippen LogP contribution in [0.3, 0.4) is 0 Å². The second kappa shape index (κ2) is 8.93. The van der Waals surface area contributed by atoms with Gasteiger partial charge in [-0.3, -0.25) is 14.4 Å². The molecule has 0 fully saturated rings. The lowest BCUT2D eigenvalue weighted by molar-refractivity contribution is -0.151. The maximum Gasteiger partial charge on any atom is 0.336 e. The summed E-state index contributed by atoms with van der Waals surface area (Å²) in [6.45, 7) is 7.16. The van der Waals surface area contributed by atoms with E-state index >= 15 is 0 Å². The van der Waals surface area contributed by atoms with Crippen molar-refractivity contribution in [3.63, 3.8) is 0 Å². The summed E-state index contributed by atoms with van der Waals surface area (Å²) < 4.78 is 15.9. The average Bonchev–Trinajstić information content (AvgIpc) is 2.78. The summed E-state index contributed by atoms with van der Waals surface area (Å²) in [6, 6.07) is 5.25. The summed E-state index contributed by atoms with van der Waals surface area (Å²) in [4.78, 5) is 52.9. The number of ether oxygens (including phenoxy) is 2. The van der Waals surface area contributed by atoms with Gasteiger partial charge in [0.25, 0.3) is 0 Å². The Bertz CT molecular complexity index is 1330. The number of dihydropyridines is 1. The maximum absolute atomic E-state index is 13.7. The van der Waals surface area contributed by atoms with Gasteiger partial charge in [-0.2, -0.15) is 0 Å². The Hall–Kier alpha value is -3.68. The molecule has 8 nitrogen and oxygen atoms in total. The Morgan fingerprint density at radius 3 is 2.62 bits per heavy atom. The van der Waals surface area contributed by atoms with Crippen molar-refractivity contribution in [1.29, 1.82) is 0 Å². The molecule has 8 heteroatoms. The Morgan fingerprint density at radius 1 is 1.21 bits per heavy atom. The molecule has 34 heavy (non-hydrogen) atoms. The number of nitrogens with one attached hydrogen (secondary N) is 1. The van der Waals surface area contributed by atoms with Gasteiger partial charge in [-0.15, -0.1) is 0 Å². The van der Waals surface area contributed by atoms with Gasteiger partial charge in [-0.25, -0.2) is 4.79 Å². The molecule has 3 unspecified atom stereocenters. The Morgan fingerprint density at radius 2 is 1.94 bits per heavy atom. The van der Waals surface area contributed by atoms with Crippen LogP contribution in [0.2, 0.25) is 0 Å². The normalized spacial score (nSPS) is 22.4. The molecule has 1 aliphatic carbocycles. The number of carbonyl (C=O) groups is 3. The molecule has 0 saturated carbocycles. The molecule has 1 aliphatic heterocycles. The molecule has 2 aromatic rings. The Kier molecular flexibility index (Phi) is 6.17. The number of hydrogen-bond acceptors (Lipinski definition) is 8. The van der Waals surface area contributed by atoms with Crippen LogP contribution in [0.25, 0.3) is 11.0 Å². The van der Waals surface area contributed by atoms with Crippen LogP contribution < -0.4 is 10.7 Å². The number of ketones is 1. The topological polar surface area (TPSA) is 112 Å². The number of methoxy groups -OCH3 is 1. The van der Waals surface area contributed by atoms with E-state index in [-0.39, 0.29) is 34.7 Å². The van der Waals surface area contributed by atoms with Gasteiger partial charge in [0.15, 0.2) is 11.2 Å². The summed E-state index contributed by atoms with van der Waals surface area (Å²) in [5.41, 5.74) is 2.47. The summed E-state index contributed by atoms with van der Waals surface area (Å²) in [5.74, 6) is -4.16. The fourth-order valence-corrected chi connectivity index (χ4v) is 4.93. The van der Waals surface area contributed by atoms with Crippen molar-refractivity contribution in [3.8, 4) is 0 Å². The molecular formula is C26H27NO7. The minimum Gasteiger partial charge on any atom is -0.468 e. The zero-order chi connectivity index (χ0) is 24.7. The number of Topliss-reactive ketones (excluding diaryl/α,β-unsaturated/α-hetero) is 1. The van der Waals surface area contributed by atoms with Crippen molar-refractivity contribution in [3.05, 3.63) is 68.4 Å². The zero-order valence-corrected chi connectivity index (χ0v) is 19.8. The van der Waals surface area contributed by atoms with Crippen LogP contribution in [0.5, 0.6) is 0 Å². The van der Waals surface area contributed by atoms with Gasteiger partial charge in [0, 0.05) is 22.5 Å². The van der Waals surface area contributed by atoms with Crippen LogP contribution in [0.4, 0.5) is 0 Å². The van der Waals surface area contributed by atoms with Gasteiger partial charge in [-0.1, -0.05) is 18.6 Å². The van der Waals surface area contributed by atoms with E-state index in [1.807, 2.05) is 13.0 Å². The fraction of sp³-hybridized carbons (Fsp3) is 0.385. The molecule has 1 aromatic carbocycles. The van der Waals surface area contributed by atoms with Crippen LogP contribution in [0, 0.1) is 18.8 Å². The number of fused-ring (bicyclic) bond motifs is 1. The van der Waals surface area contributed by atoms with Gasteiger partial charge in [0.2, 0.25) is 0 Å². The van der Waals surface area contributed by atoms with Crippen molar-refractivity contribution in [2.24, 2.45) is 11.8 Å². The van der Waals surface area contributed by atoms with E-state index in [9.17, 15) is 19.2 Å². The first kappa shape index (κ1) is 23.5. The average molecular weight is 466 g/mol. The van der Waals surface area contributed by atoms with Crippen molar-refractivity contribution in [1.82, 2.24) is 5.32 Å². The van der Waals surface area contributed by atoms with Crippen LogP contribution >= 0.6 is 0 Å². The van der Waals surface area contributed by atoms with E-state index in [2.05, 4.69) is 5.32 Å². The summed E-state index contributed by atoms with van der Waals surface area (Å²) >= 11 is 0. The molecule has 0 spiro atoms. The van der Waals surface area contributed by atoms with Gasteiger partial charge >= 0.3 is 11.9 Å². The standard InChI is InChI=1S/C26H27NO7/c1-6-33-26(31)20-14(4)27-17-10-13(3)19(25(30)32-5)24(29)22(17)21(20)16-11-34-18-8-7-12(2)9-15(18)23(16)28/h7-9,11,13,19,21,27H,6,10H2,1-5H3. The SMILES string of the molecule is CCOC(=O)C1=C(C)NC2=C(C(=O)C(C(=O)OC)C(C)C2)C1c1coc2ccc(C)cc2c1=O. The molecule has 0 saturated heterocycles. The number of hydrogen-bond donors (Lipinski definition) is 1. The van der Waals surface area contributed by atoms with Crippen LogP contribution in [-0.2, 0) is 23.9 Å². The van der Waals surface area contributed by atoms with E-state index in [1.165, 1.54) is 13.4 Å². The molecule has 178 valence electrons. The molecule has 3 atom stereocenters. The molecular weight excluding hydrogens is 438 g/mol. The molecule has 2 heterocycles. The third-order valence-corrected chi connectivity index (χ3v) is 6.50. The molecule has 0 radical (unpaired) electrons. The third-order valence-electron chi connectivity index (χ3n) is 6.50. The van der Waals surface area contributed by atoms with E-state index < -0.39 is 29.6 Å². The second-order valence-corrected chi connectivity index (χ2v) is 8.78. The number of allylic oxidation sites excluding steroid dienone is 3. The van der Waals surface area contributed by atoms with Crippen molar-refractivity contribution in [2.45, 2.75) is 40.0 Å². The van der Waals surface area contributed by atoms with Gasteiger partial charge in [-0.05, 0) is 45.2 Å². The maximum atomic E-state index is 13.7. The Labute approximate surface area is 196 Å². The number of aryl methyl sites for hydroxylation is 1. The summed E-state index contributed by atoms with van der Waals surface area (Å²) in [5, 5.41) is 3.51. The number of esters is 2. The quantitative estimate of drug-likeness (QED) is 0.541. The molecule has 1 aromatic heterocycles. The monoisotopic (exact) mass is 465 g/mol. The molecule has 0 amide bonds. The molecule has 4 rings (SSSR count). The lowest BCUT2D eigenvalue weighted by Crippen LogP contribution is -2.44. The minimum absolute atomic E-state index is 0.121. The Balaban J connectivity index is 1.99.